The van der Waals surface area contributed by atoms with Gasteiger partial charge in [0.15, 0.2) is 0 Å². The second-order valence-electron chi connectivity index (χ2n) is 6.91. The summed E-state index contributed by atoms with van der Waals surface area (Å²) in [6.07, 6.45) is 8.78. The topological polar surface area (TPSA) is 59.2 Å². The number of anilines is 1. The van der Waals surface area contributed by atoms with Gasteiger partial charge in [0.1, 0.15) is 0 Å². The van der Waals surface area contributed by atoms with Crippen molar-refractivity contribution in [1.29, 1.82) is 0 Å². The van der Waals surface area contributed by atoms with Crippen LogP contribution in [0.25, 0.3) is 11.1 Å². The minimum atomic E-state index is -0.363. The molecule has 5 heteroatoms. The molecular weight excluding hydrogens is 413 g/mol. The van der Waals surface area contributed by atoms with Crippen LogP contribution >= 0.6 is 22.6 Å². The van der Waals surface area contributed by atoms with Crippen molar-refractivity contribution in [2.75, 3.05) is 18.0 Å². The first-order valence-corrected chi connectivity index (χ1v) is 9.45. The Bertz CT molecular complexity index is 777. The van der Waals surface area contributed by atoms with Crippen molar-refractivity contribution >= 4 is 34.2 Å². The number of piperidine rings is 1. The van der Waals surface area contributed by atoms with E-state index in [9.17, 15) is 4.79 Å². The predicted octanol–water partition coefficient (Wildman–Crippen LogP) is 3.83. The standard InChI is InChI=1S/C19H20IN3O/c20-15-4-3-14(18(21)24)17(16(15)13-2-1-9-22-12-13)23-10-7-19(5-6-19)8-11-23/h1-4,9,12H,5-8,10-11H2,(H2,21,24). The van der Waals surface area contributed by atoms with Crippen molar-refractivity contribution in [3.63, 3.8) is 0 Å². The molecule has 0 unspecified atom stereocenters. The van der Waals surface area contributed by atoms with Gasteiger partial charge in [0, 0.05) is 40.2 Å². The minimum absolute atomic E-state index is 0.363. The predicted molar refractivity (Wildman–Crippen MR) is 104 cm³/mol. The zero-order chi connectivity index (χ0) is 16.7. The van der Waals surface area contributed by atoms with Crippen LogP contribution in [0.4, 0.5) is 5.69 Å². The largest absolute Gasteiger partial charge is 0.370 e. The van der Waals surface area contributed by atoms with E-state index in [-0.39, 0.29) is 5.91 Å². The minimum Gasteiger partial charge on any atom is -0.370 e. The number of halogens is 1. The third-order valence-electron chi connectivity index (χ3n) is 5.44. The quantitative estimate of drug-likeness (QED) is 0.749. The van der Waals surface area contributed by atoms with Gasteiger partial charge in [0.05, 0.1) is 11.3 Å². The van der Waals surface area contributed by atoms with E-state index < -0.39 is 0 Å². The smallest absolute Gasteiger partial charge is 0.250 e. The molecule has 0 bridgehead atoms. The number of benzene rings is 1. The highest BCUT2D eigenvalue weighted by Crippen LogP contribution is 2.54. The fourth-order valence-corrected chi connectivity index (χ4v) is 4.51. The SMILES string of the molecule is NC(=O)c1ccc(I)c(-c2cccnc2)c1N1CCC2(CC1)CC2. The molecule has 1 saturated heterocycles. The van der Waals surface area contributed by atoms with Crippen LogP contribution in [0.1, 0.15) is 36.0 Å². The maximum Gasteiger partial charge on any atom is 0.250 e. The van der Waals surface area contributed by atoms with E-state index in [0.29, 0.717) is 11.0 Å². The summed E-state index contributed by atoms with van der Waals surface area (Å²) in [5.41, 5.74) is 10.0. The third-order valence-corrected chi connectivity index (χ3v) is 6.34. The van der Waals surface area contributed by atoms with Crippen molar-refractivity contribution in [3.8, 4) is 11.1 Å². The van der Waals surface area contributed by atoms with Crippen LogP contribution < -0.4 is 10.6 Å². The monoisotopic (exact) mass is 433 g/mol. The van der Waals surface area contributed by atoms with Crippen LogP contribution in [-0.2, 0) is 0 Å². The number of nitrogens with two attached hydrogens (primary N) is 1. The molecule has 2 aromatic rings. The van der Waals surface area contributed by atoms with Crippen LogP contribution in [0.3, 0.4) is 0 Å². The Labute approximate surface area is 155 Å². The first-order valence-electron chi connectivity index (χ1n) is 8.37. The highest BCUT2D eigenvalue weighted by atomic mass is 127. The molecule has 1 aromatic heterocycles. The van der Waals surface area contributed by atoms with Gasteiger partial charge in [0.25, 0.3) is 5.91 Å². The summed E-state index contributed by atoms with van der Waals surface area (Å²) < 4.78 is 1.12. The van der Waals surface area contributed by atoms with E-state index in [1.54, 1.807) is 6.20 Å². The number of hydrogen-bond acceptors (Lipinski definition) is 3. The number of aromatic nitrogens is 1. The van der Waals surface area contributed by atoms with E-state index in [1.165, 1.54) is 25.7 Å². The molecule has 4 rings (SSSR count). The number of amides is 1. The Morgan fingerprint density at radius 2 is 1.92 bits per heavy atom. The van der Waals surface area contributed by atoms with Crippen molar-refractivity contribution in [2.24, 2.45) is 11.1 Å². The Morgan fingerprint density at radius 3 is 2.50 bits per heavy atom. The lowest BCUT2D eigenvalue weighted by molar-refractivity contribution is 0.100. The Balaban J connectivity index is 1.83. The molecule has 1 spiro atoms. The molecule has 24 heavy (non-hydrogen) atoms. The van der Waals surface area contributed by atoms with Gasteiger partial charge in [-0.1, -0.05) is 6.07 Å². The number of carbonyl (C=O) groups excluding carboxylic acids is 1. The lowest BCUT2D eigenvalue weighted by atomic mass is 9.91. The number of nitrogens with zero attached hydrogens (tertiary/aromatic N) is 2. The highest BCUT2D eigenvalue weighted by Gasteiger charge is 2.45. The van der Waals surface area contributed by atoms with E-state index in [4.69, 9.17) is 5.73 Å². The van der Waals surface area contributed by atoms with Crippen molar-refractivity contribution < 1.29 is 4.79 Å². The molecule has 0 atom stereocenters. The molecule has 1 aliphatic heterocycles. The van der Waals surface area contributed by atoms with Gasteiger partial charge in [-0.3, -0.25) is 9.78 Å². The molecule has 1 aliphatic carbocycles. The molecular formula is C19H20IN3O. The molecule has 2 heterocycles. The molecule has 2 fully saturated rings. The maximum absolute atomic E-state index is 12.1. The maximum atomic E-state index is 12.1. The highest BCUT2D eigenvalue weighted by molar-refractivity contribution is 14.1. The number of primary amides is 1. The van der Waals surface area contributed by atoms with Gasteiger partial charge in [-0.05, 0) is 71.9 Å². The molecule has 0 radical (unpaired) electrons. The van der Waals surface area contributed by atoms with Crippen molar-refractivity contribution in [1.82, 2.24) is 4.98 Å². The van der Waals surface area contributed by atoms with E-state index in [0.717, 1.165) is 33.5 Å². The fourth-order valence-electron chi connectivity index (χ4n) is 3.76. The average Bonchev–Trinajstić information content (AvgIpc) is 3.35. The third kappa shape index (κ3) is 2.79. The van der Waals surface area contributed by atoms with Gasteiger partial charge < -0.3 is 10.6 Å². The summed E-state index contributed by atoms with van der Waals surface area (Å²) in [7, 11) is 0. The molecule has 1 saturated carbocycles. The van der Waals surface area contributed by atoms with Gasteiger partial charge in [0.2, 0.25) is 0 Å². The molecule has 2 N–H and O–H groups in total. The summed E-state index contributed by atoms with van der Waals surface area (Å²) in [5, 5.41) is 0. The number of hydrogen-bond donors (Lipinski definition) is 1. The van der Waals surface area contributed by atoms with E-state index >= 15 is 0 Å². The second kappa shape index (κ2) is 6.02. The molecule has 124 valence electrons. The molecule has 1 aromatic carbocycles. The second-order valence-corrected chi connectivity index (χ2v) is 8.07. The van der Waals surface area contributed by atoms with Gasteiger partial charge >= 0.3 is 0 Å². The van der Waals surface area contributed by atoms with Gasteiger partial charge in [-0.15, -0.1) is 0 Å². The zero-order valence-electron chi connectivity index (χ0n) is 13.5. The Hall–Kier alpha value is -1.63. The molecule has 4 nitrogen and oxygen atoms in total. The van der Waals surface area contributed by atoms with Crippen molar-refractivity contribution in [3.05, 3.63) is 45.8 Å². The number of rotatable bonds is 3. The van der Waals surface area contributed by atoms with Crippen LogP contribution in [0.5, 0.6) is 0 Å². The first kappa shape index (κ1) is 15.9. The Kier molecular flexibility index (Phi) is 3.98. The normalized spacial score (nSPS) is 18.6. The van der Waals surface area contributed by atoms with Crippen molar-refractivity contribution in [2.45, 2.75) is 25.7 Å². The van der Waals surface area contributed by atoms with Crippen LogP contribution in [0.2, 0.25) is 0 Å². The number of carbonyl (C=O) groups is 1. The average molecular weight is 433 g/mol. The summed E-state index contributed by atoms with van der Waals surface area (Å²) in [6, 6.07) is 7.81. The molecule has 1 amide bonds. The zero-order valence-corrected chi connectivity index (χ0v) is 15.6. The summed E-state index contributed by atoms with van der Waals surface area (Å²) in [4.78, 5) is 18.7. The summed E-state index contributed by atoms with van der Waals surface area (Å²) >= 11 is 2.34. The number of pyridine rings is 1. The summed E-state index contributed by atoms with van der Waals surface area (Å²) in [5.74, 6) is -0.363. The van der Waals surface area contributed by atoms with Crippen LogP contribution in [-0.4, -0.2) is 24.0 Å². The van der Waals surface area contributed by atoms with E-state index in [2.05, 4.69) is 32.5 Å². The van der Waals surface area contributed by atoms with Crippen LogP contribution in [0, 0.1) is 8.99 Å². The lowest BCUT2D eigenvalue weighted by Gasteiger charge is -2.36. The summed E-state index contributed by atoms with van der Waals surface area (Å²) in [6.45, 7) is 1.99. The lowest BCUT2D eigenvalue weighted by Crippen LogP contribution is -2.36. The molecule has 2 aliphatic rings. The van der Waals surface area contributed by atoms with E-state index in [1.807, 2.05) is 30.5 Å². The Morgan fingerprint density at radius 1 is 1.17 bits per heavy atom. The first-order chi connectivity index (χ1) is 11.6. The van der Waals surface area contributed by atoms with Gasteiger partial charge in [-0.25, -0.2) is 0 Å². The van der Waals surface area contributed by atoms with Crippen LogP contribution in [0.15, 0.2) is 36.7 Å². The van der Waals surface area contributed by atoms with Gasteiger partial charge in [-0.2, -0.15) is 0 Å². The fraction of sp³-hybridized carbons (Fsp3) is 0.368.